The van der Waals surface area contributed by atoms with E-state index in [2.05, 4.69) is 16.0 Å². The highest BCUT2D eigenvalue weighted by atomic mass is 32.2. The van der Waals surface area contributed by atoms with E-state index in [0.29, 0.717) is 50.7 Å². The topological polar surface area (TPSA) is 121 Å². The number of hydrogen-bond acceptors (Lipinski definition) is 7. The molecule has 2 aliphatic rings. The van der Waals surface area contributed by atoms with Crippen molar-refractivity contribution in [1.29, 1.82) is 0 Å². The van der Waals surface area contributed by atoms with E-state index in [1.54, 1.807) is 11.8 Å². The number of hydrogen-bond donors (Lipinski definition) is 3. The van der Waals surface area contributed by atoms with Crippen molar-refractivity contribution in [2.75, 3.05) is 38.2 Å². The van der Waals surface area contributed by atoms with Crippen LogP contribution in [-0.2, 0) is 20.9 Å². The predicted octanol–water partition coefficient (Wildman–Crippen LogP) is 2.62. The third kappa shape index (κ3) is 7.84. The molecule has 3 heterocycles. The number of aromatic nitrogens is 3. The first-order valence-electron chi connectivity index (χ1n) is 14.5. The van der Waals surface area contributed by atoms with Crippen molar-refractivity contribution in [3.05, 3.63) is 36.2 Å². The maximum Gasteiger partial charge on any atom is 0.243 e. The van der Waals surface area contributed by atoms with Gasteiger partial charge in [-0.05, 0) is 50.2 Å². The van der Waals surface area contributed by atoms with Gasteiger partial charge in [-0.25, -0.2) is 9.67 Å². The minimum absolute atomic E-state index is 0.0198. The first-order chi connectivity index (χ1) is 19.4. The van der Waals surface area contributed by atoms with Crippen molar-refractivity contribution < 1.29 is 14.4 Å². The van der Waals surface area contributed by atoms with Crippen molar-refractivity contribution in [2.45, 2.75) is 64.6 Å². The summed E-state index contributed by atoms with van der Waals surface area (Å²) >= 11 is 1.64. The molecule has 1 saturated heterocycles. The van der Waals surface area contributed by atoms with Crippen LogP contribution in [0.3, 0.4) is 0 Å². The number of thioether (sulfide) groups is 1. The van der Waals surface area contributed by atoms with E-state index in [0.717, 1.165) is 30.7 Å². The molecule has 0 radical (unpaired) electrons. The average Bonchev–Trinajstić information content (AvgIpc) is 3.39. The molecule has 3 N–H and O–H groups in total. The van der Waals surface area contributed by atoms with E-state index in [9.17, 15) is 14.4 Å². The van der Waals surface area contributed by atoms with Gasteiger partial charge >= 0.3 is 0 Å². The van der Waals surface area contributed by atoms with Crippen LogP contribution in [-0.4, -0.2) is 81.6 Å². The first-order valence-corrected chi connectivity index (χ1v) is 15.8. The van der Waals surface area contributed by atoms with Crippen LogP contribution < -0.4 is 16.0 Å². The minimum Gasteiger partial charge on any atom is -0.344 e. The van der Waals surface area contributed by atoms with Crippen molar-refractivity contribution >= 4 is 29.5 Å². The largest absolute Gasteiger partial charge is 0.344 e. The Kier molecular flexibility index (Phi) is 11.0. The van der Waals surface area contributed by atoms with Crippen LogP contribution >= 0.6 is 11.8 Å². The molecule has 0 aliphatic carbocycles. The summed E-state index contributed by atoms with van der Waals surface area (Å²) in [6.07, 6.45) is 5.16. The Hall–Kier alpha value is -2.92. The van der Waals surface area contributed by atoms with Crippen LogP contribution in [0.25, 0.3) is 11.4 Å². The second-order valence-electron chi connectivity index (χ2n) is 11.0. The molecule has 218 valence electrons. The zero-order valence-electron chi connectivity index (χ0n) is 23.9. The second-order valence-corrected chi connectivity index (χ2v) is 12.0. The molecule has 2 aliphatic heterocycles. The molecule has 11 heteroatoms. The number of fused-ring (bicyclic) bond motifs is 1. The number of carbonyl (C=O) groups excluding carboxylic acids is 3. The summed E-state index contributed by atoms with van der Waals surface area (Å²) in [6, 6.07) is 8.73. The molecule has 2 aromatic rings. The maximum atomic E-state index is 13.6. The number of nitrogens with zero attached hydrogens (tertiary/aromatic N) is 4. The molecule has 3 amide bonds. The normalized spacial score (nSPS) is 23.2. The monoisotopic (exact) mass is 569 g/mol. The lowest BCUT2D eigenvalue weighted by Crippen LogP contribution is -2.49. The van der Waals surface area contributed by atoms with Crippen molar-refractivity contribution in [3.63, 3.8) is 0 Å². The van der Waals surface area contributed by atoms with Crippen molar-refractivity contribution in [1.82, 2.24) is 35.6 Å². The first kappa shape index (κ1) is 30.0. The molecule has 1 aromatic carbocycles. The smallest absolute Gasteiger partial charge is 0.243 e. The van der Waals surface area contributed by atoms with Gasteiger partial charge in [0, 0.05) is 31.6 Å². The van der Waals surface area contributed by atoms with Crippen LogP contribution in [0.2, 0.25) is 0 Å². The molecule has 3 atom stereocenters. The zero-order chi connectivity index (χ0) is 28.5. The molecule has 1 aromatic heterocycles. The van der Waals surface area contributed by atoms with E-state index < -0.39 is 12.1 Å². The van der Waals surface area contributed by atoms with E-state index in [-0.39, 0.29) is 36.0 Å². The summed E-state index contributed by atoms with van der Waals surface area (Å²) in [4.78, 5) is 46.8. The summed E-state index contributed by atoms with van der Waals surface area (Å²) in [5.41, 5.74) is 0.889. The summed E-state index contributed by atoms with van der Waals surface area (Å²) in [6.45, 7) is 7.08. The fraction of sp³-hybridized carbons (Fsp3) is 0.621. The molecule has 0 bridgehead atoms. The van der Waals surface area contributed by atoms with Crippen LogP contribution in [0.1, 0.15) is 57.8 Å². The Balaban J connectivity index is 1.69. The van der Waals surface area contributed by atoms with Gasteiger partial charge in [0.1, 0.15) is 6.04 Å². The highest BCUT2D eigenvalue weighted by Gasteiger charge is 2.31. The van der Waals surface area contributed by atoms with Gasteiger partial charge in [0.15, 0.2) is 11.6 Å². The quantitative estimate of drug-likeness (QED) is 0.489. The number of piperidine rings is 1. The molecule has 0 spiro atoms. The fourth-order valence-corrected chi connectivity index (χ4v) is 5.78. The van der Waals surface area contributed by atoms with Gasteiger partial charge in [0.2, 0.25) is 17.7 Å². The SMILES string of the molecule is CSCC[C@@H]1NC(=O)CCCN(C(=O)[C@H]2CCCNC2)CCn2nc(-c3ccccc3)nc2C(C(C)C)NC1=O. The highest BCUT2D eigenvalue weighted by Crippen LogP contribution is 2.25. The van der Waals surface area contributed by atoms with Gasteiger partial charge in [-0.2, -0.15) is 16.9 Å². The van der Waals surface area contributed by atoms with Gasteiger partial charge in [-0.3, -0.25) is 14.4 Å². The van der Waals surface area contributed by atoms with Gasteiger partial charge in [-0.1, -0.05) is 44.2 Å². The van der Waals surface area contributed by atoms with Crippen molar-refractivity contribution in [2.24, 2.45) is 11.8 Å². The predicted molar refractivity (Wildman–Crippen MR) is 158 cm³/mol. The minimum atomic E-state index is -0.639. The van der Waals surface area contributed by atoms with Gasteiger partial charge in [-0.15, -0.1) is 0 Å². The number of nitrogens with one attached hydrogen (secondary N) is 3. The number of carbonyl (C=O) groups is 3. The highest BCUT2D eigenvalue weighted by molar-refractivity contribution is 7.98. The third-order valence-electron chi connectivity index (χ3n) is 7.61. The Bertz CT molecular complexity index is 1130. The summed E-state index contributed by atoms with van der Waals surface area (Å²) in [5.74, 6) is 1.69. The van der Waals surface area contributed by atoms with Gasteiger partial charge < -0.3 is 20.9 Å². The lowest BCUT2D eigenvalue weighted by atomic mass is 9.98. The maximum absolute atomic E-state index is 13.6. The Labute approximate surface area is 241 Å². The number of amides is 3. The molecule has 0 saturated carbocycles. The van der Waals surface area contributed by atoms with Crippen molar-refractivity contribution in [3.8, 4) is 11.4 Å². The summed E-state index contributed by atoms with van der Waals surface area (Å²) in [7, 11) is 0. The average molecular weight is 570 g/mol. The summed E-state index contributed by atoms with van der Waals surface area (Å²) in [5, 5.41) is 14.4. The van der Waals surface area contributed by atoms with E-state index in [1.165, 1.54) is 0 Å². The van der Waals surface area contributed by atoms with Crippen LogP contribution in [0.4, 0.5) is 0 Å². The second kappa shape index (κ2) is 14.6. The Morgan fingerprint density at radius 3 is 2.60 bits per heavy atom. The molecule has 4 rings (SSSR count). The van der Waals surface area contributed by atoms with Gasteiger partial charge in [0.25, 0.3) is 0 Å². The van der Waals surface area contributed by atoms with Gasteiger partial charge in [0.05, 0.1) is 18.5 Å². The zero-order valence-corrected chi connectivity index (χ0v) is 24.7. The van der Waals surface area contributed by atoms with Crippen LogP contribution in [0, 0.1) is 11.8 Å². The van der Waals surface area contributed by atoms with Crippen LogP contribution in [0.5, 0.6) is 0 Å². The van der Waals surface area contributed by atoms with E-state index in [4.69, 9.17) is 10.1 Å². The third-order valence-corrected chi connectivity index (χ3v) is 8.25. The lowest BCUT2D eigenvalue weighted by Gasteiger charge is -2.31. The Morgan fingerprint density at radius 2 is 1.90 bits per heavy atom. The number of rotatable bonds is 6. The fourth-order valence-electron chi connectivity index (χ4n) is 5.31. The molecule has 40 heavy (non-hydrogen) atoms. The molecule has 10 nitrogen and oxygen atoms in total. The van der Waals surface area contributed by atoms with Crippen LogP contribution in [0.15, 0.2) is 30.3 Å². The standard InChI is InChI=1S/C29H43N7O3S/c1-20(2)25-27-33-26(21-9-5-4-6-10-21)34-36(27)17-16-35(29(39)22-11-7-14-30-19-22)15-8-12-24(37)31-23(13-18-40-3)28(38)32-25/h4-6,9-10,20,22-23,25,30H,7-8,11-19H2,1-3H3,(H,31,37)(H,32,38)/t22-,23-,25?/m0/s1. The molecule has 1 unspecified atom stereocenters. The lowest BCUT2D eigenvalue weighted by molar-refractivity contribution is -0.136. The van der Waals surface area contributed by atoms with E-state index in [1.807, 2.05) is 60.0 Å². The Morgan fingerprint density at radius 1 is 1.10 bits per heavy atom. The van der Waals surface area contributed by atoms with E-state index >= 15 is 0 Å². The number of benzene rings is 1. The molecular weight excluding hydrogens is 526 g/mol. The molecule has 1 fully saturated rings. The molecular formula is C29H43N7O3S. The summed E-state index contributed by atoms with van der Waals surface area (Å²) < 4.78 is 1.86.